The van der Waals surface area contributed by atoms with Crippen molar-refractivity contribution in [3.63, 3.8) is 0 Å². The topological polar surface area (TPSA) is 49.5 Å². The Morgan fingerprint density at radius 1 is 1.37 bits per heavy atom. The highest BCUT2D eigenvalue weighted by molar-refractivity contribution is 6.31. The standard InChI is InChI=1S/C15H23ClN2O/c16-15-9-12(10-17)4-5-13(15)11-18-7-2-1-3-14(18)6-8-19/h4-5,9,14,19H,1-3,6-8,10-11,17H2. The number of nitrogens with zero attached hydrogens (tertiary/aromatic N) is 1. The van der Waals surface area contributed by atoms with Gasteiger partial charge in [0.25, 0.3) is 0 Å². The molecule has 0 spiro atoms. The summed E-state index contributed by atoms with van der Waals surface area (Å²) >= 11 is 6.32. The third kappa shape index (κ3) is 3.93. The van der Waals surface area contributed by atoms with E-state index in [-0.39, 0.29) is 6.61 Å². The fraction of sp³-hybridized carbons (Fsp3) is 0.600. The van der Waals surface area contributed by atoms with Gasteiger partial charge in [-0.25, -0.2) is 0 Å². The number of benzene rings is 1. The zero-order chi connectivity index (χ0) is 13.7. The van der Waals surface area contributed by atoms with Gasteiger partial charge in [0.2, 0.25) is 0 Å². The lowest BCUT2D eigenvalue weighted by atomic mass is 9.98. The van der Waals surface area contributed by atoms with Gasteiger partial charge in [-0.3, -0.25) is 4.90 Å². The van der Waals surface area contributed by atoms with Crippen LogP contribution in [0.1, 0.15) is 36.8 Å². The van der Waals surface area contributed by atoms with Gasteiger partial charge in [-0.2, -0.15) is 0 Å². The van der Waals surface area contributed by atoms with E-state index in [9.17, 15) is 0 Å². The molecule has 3 nitrogen and oxygen atoms in total. The number of likely N-dealkylation sites (tertiary alicyclic amines) is 1. The Hall–Kier alpha value is -0.610. The van der Waals surface area contributed by atoms with E-state index in [0.717, 1.165) is 35.7 Å². The summed E-state index contributed by atoms with van der Waals surface area (Å²) in [5.74, 6) is 0. The molecule has 3 N–H and O–H groups in total. The second kappa shape index (κ2) is 7.25. The zero-order valence-electron chi connectivity index (χ0n) is 11.3. The van der Waals surface area contributed by atoms with Gasteiger partial charge >= 0.3 is 0 Å². The summed E-state index contributed by atoms with van der Waals surface area (Å²) in [6, 6.07) is 6.58. The maximum Gasteiger partial charge on any atom is 0.0454 e. The minimum absolute atomic E-state index is 0.265. The fourth-order valence-corrected chi connectivity index (χ4v) is 3.07. The van der Waals surface area contributed by atoms with Crippen LogP contribution < -0.4 is 5.73 Å². The second-order valence-electron chi connectivity index (χ2n) is 5.26. The summed E-state index contributed by atoms with van der Waals surface area (Å²) in [5.41, 5.74) is 7.84. The van der Waals surface area contributed by atoms with Gasteiger partial charge < -0.3 is 10.8 Å². The van der Waals surface area contributed by atoms with Gasteiger partial charge in [0, 0.05) is 30.8 Å². The van der Waals surface area contributed by atoms with E-state index < -0.39 is 0 Å². The maximum atomic E-state index is 9.16. The summed E-state index contributed by atoms with van der Waals surface area (Å²) in [7, 11) is 0. The number of aliphatic hydroxyl groups is 1. The maximum absolute atomic E-state index is 9.16. The summed E-state index contributed by atoms with van der Waals surface area (Å²) in [6.45, 7) is 2.76. The van der Waals surface area contributed by atoms with Gasteiger partial charge in [-0.1, -0.05) is 30.2 Å². The molecule has 2 rings (SSSR count). The number of halogens is 1. The molecule has 0 radical (unpaired) electrons. The van der Waals surface area contributed by atoms with Crippen LogP contribution in [0.5, 0.6) is 0 Å². The van der Waals surface area contributed by atoms with Crippen LogP contribution in [0.3, 0.4) is 0 Å². The Morgan fingerprint density at radius 3 is 2.89 bits per heavy atom. The Labute approximate surface area is 120 Å². The third-order valence-electron chi connectivity index (χ3n) is 3.94. The molecule has 0 aliphatic carbocycles. The Kier molecular flexibility index (Phi) is 5.64. The SMILES string of the molecule is NCc1ccc(CN2CCCCC2CCO)c(Cl)c1. The van der Waals surface area contributed by atoms with Crippen molar-refractivity contribution >= 4 is 11.6 Å². The predicted octanol–water partition coefficient (Wildman–Crippen LogP) is 2.54. The van der Waals surface area contributed by atoms with E-state index in [0.29, 0.717) is 12.6 Å². The highest BCUT2D eigenvalue weighted by Gasteiger charge is 2.22. The van der Waals surface area contributed by atoms with Crippen LogP contribution in [-0.2, 0) is 13.1 Å². The Balaban J connectivity index is 2.06. The summed E-state index contributed by atoms with van der Waals surface area (Å²) < 4.78 is 0. The van der Waals surface area contributed by atoms with Crippen LogP contribution in [0.15, 0.2) is 18.2 Å². The number of aliphatic hydroxyl groups excluding tert-OH is 1. The molecule has 1 aromatic rings. The van der Waals surface area contributed by atoms with Crippen molar-refractivity contribution in [3.05, 3.63) is 34.3 Å². The van der Waals surface area contributed by atoms with Crippen LogP contribution in [0.2, 0.25) is 5.02 Å². The number of rotatable bonds is 5. The number of nitrogens with two attached hydrogens (primary N) is 1. The van der Waals surface area contributed by atoms with Crippen LogP contribution in [0, 0.1) is 0 Å². The van der Waals surface area contributed by atoms with Gasteiger partial charge in [0.05, 0.1) is 0 Å². The molecule has 0 aromatic heterocycles. The highest BCUT2D eigenvalue weighted by Crippen LogP contribution is 2.25. The molecular weight excluding hydrogens is 260 g/mol. The van der Waals surface area contributed by atoms with Crippen LogP contribution in [-0.4, -0.2) is 29.2 Å². The van der Waals surface area contributed by atoms with Gasteiger partial charge in [0.1, 0.15) is 0 Å². The highest BCUT2D eigenvalue weighted by atomic mass is 35.5. The number of piperidine rings is 1. The molecule has 1 fully saturated rings. The van der Waals surface area contributed by atoms with Crippen molar-refractivity contribution in [2.75, 3.05) is 13.2 Å². The molecule has 1 unspecified atom stereocenters. The van der Waals surface area contributed by atoms with Gasteiger partial charge in [0.15, 0.2) is 0 Å². The van der Waals surface area contributed by atoms with E-state index in [4.69, 9.17) is 22.4 Å². The molecule has 1 aliphatic heterocycles. The Bertz CT molecular complexity index is 409. The van der Waals surface area contributed by atoms with E-state index >= 15 is 0 Å². The first-order valence-corrected chi connectivity index (χ1v) is 7.44. The molecule has 106 valence electrons. The zero-order valence-corrected chi connectivity index (χ0v) is 12.1. The molecule has 1 atom stereocenters. The molecule has 0 saturated carbocycles. The molecule has 0 bridgehead atoms. The lowest BCUT2D eigenvalue weighted by molar-refractivity contribution is 0.112. The lowest BCUT2D eigenvalue weighted by Gasteiger charge is -2.35. The molecule has 4 heteroatoms. The Morgan fingerprint density at radius 2 is 2.21 bits per heavy atom. The molecule has 1 heterocycles. The van der Waals surface area contributed by atoms with Crippen LogP contribution >= 0.6 is 11.6 Å². The van der Waals surface area contributed by atoms with Crippen molar-refractivity contribution < 1.29 is 5.11 Å². The van der Waals surface area contributed by atoms with Crippen LogP contribution in [0.25, 0.3) is 0 Å². The van der Waals surface area contributed by atoms with E-state index in [1.165, 1.54) is 19.3 Å². The predicted molar refractivity (Wildman–Crippen MR) is 79.1 cm³/mol. The first-order chi connectivity index (χ1) is 9.24. The molecule has 0 amide bonds. The number of hydrogen-bond acceptors (Lipinski definition) is 3. The van der Waals surface area contributed by atoms with Crippen molar-refractivity contribution in [1.29, 1.82) is 0 Å². The lowest BCUT2D eigenvalue weighted by Crippen LogP contribution is -2.39. The average molecular weight is 283 g/mol. The van der Waals surface area contributed by atoms with Gasteiger partial charge in [-0.05, 0) is 43.0 Å². The van der Waals surface area contributed by atoms with Crippen molar-refractivity contribution in [2.24, 2.45) is 5.73 Å². The quantitative estimate of drug-likeness (QED) is 0.873. The van der Waals surface area contributed by atoms with E-state index in [1.807, 2.05) is 12.1 Å². The normalized spacial score (nSPS) is 20.7. The first kappa shape index (κ1) is 14.8. The van der Waals surface area contributed by atoms with E-state index in [2.05, 4.69) is 11.0 Å². The third-order valence-corrected chi connectivity index (χ3v) is 4.29. The van der Waals surface area contributed by atoms with Crippen molar-refractivity contribution in [2.45, 2.75) is 44.8 Å². The fourth-order valence-electron chi connectivity index (χ4n) is 2.81. The molecule has 19 heavy (non-hydrogen) atoms. The molecule has 1 aromatic carbocycles. The van der Waals surface area contributed by atoms with Crippen molar-refractivity contribution in [3.8, 4) is 0 Å². The molecule has 1 saturated heterocycles. The number of hydrogen-bond donors (Lipinski definition) is 2. The minimum atomic E-state index is 0.265. The molecular formula is C15H23ClN2O. The second-order valence-corrected chi connectivity index (χ2v) is 5.67. The minimum Gasteiger partial charge on any atom is -0.396 e. The summed E-state index contributed by atoms with van der Waals surface area (Å²) in [4.78, 5) is 2.45. The van der Waals surface area contributed by atoms with E-state index in [1.54, 1.807) is 0 Å². The average Bonchev–Trinajstić information content (AvgIpc) is 2.43. The molecule has 1 aliphatic rings. The summed E-state index contributed by atoms with van der Waals surface area (Å²) in [5, 5.41) is 9.96. The largest absolute Gasteiger partial charge is 0.396 e. The first-order valence-electron chi connectivity index (χ1n) is 7.07. The monoisotopic (exact) mass is 282 g/mol. The van der Waals surface area contributed by atoms with Crippen LogP contribution in [0.4, 0.5) is 0 Å². The van der Waals surface area contributed by atoms with Gasteiger partial charge in [-0.15, -0.1) is 0 Å². The summed E-state index contributed by atoms with van der Waals surface area (Å²) in [6.07, 6.45) is 4.54. The van der Waals surface area contributed by atoms with Crippen molar-refractivity contribution in [1.82, 2.24) is 4.90 Å². The smallest absolute Gasteiger partial charge is 0.0454 e.